The smallest absolute Gasteiger partial charge is 0.406 e. The molecule has 1 N–H and O–H groups in total. The Morgan fingerprint density at radius 2 is 1.86 bits per heavy atom. The van der Waals surface area contributed by atoms with Crippen LogP contribution in [-0.2, 0) is 16.1 Å². The first-order valence-electron chi connectivity index (χ1n) is 8.50. The average Bonchev–Trinajstić information content (AvgIpc) is 2.98. The number of hydrogen-bond acceptors (Lipinski definition) is 4. The summed E-state index contributed by atoms with van der Waals surface area (Å²) in [5.41, 5.74) is 0.224. The number of aromatic nitrogens is 1. The van der Waals surface area contributed by atoms with E-state index in [1.54, 1.807) is 14.1 Å². The fourth-order valence-corrected chi connectivity index (χ4v) is 2.71. The largest absolute Gasteiger partial charge is 0.508 e. The molecule has 2 heterocycles. The number of carbonyl (C=O) groups is 2. The molecule has 0 radical (unpaired) electrons. The summed E-state index contributed by atoms with van der Waals surface area (Å²) in [5, 5.41) is 9.90. The zero-order valence-corrected chi connectivity index (χ0v) is 15.6. The third-order valence-electron chi connectivity index (χ3n) is 3.95. The maximum Gasteiger partial charge on any atom is 0.406 e. The molecule has 7 nitrogen and oxygen atoms in total. The van der Waals surface area contributed by atoms with E-state index in [1.165, 1.54) is 34.1 Å². The van der Waals surface area contributed by atoms with Crippen LogP contribution in [0.15, 0.2) is 24.3 Å². The van der Waals surface area contributed by atoms with Gasteiger partial charge < -0.3 is 24.2 Å². The van der Waals surface area contributed by atoms with Gasteiger partial charge in [-0.2, -0.15) is 13.2 Å². The highest BCUT2D eigenvalue weighted by atomic mass is 19.4. The van der Waals surface area contributed by atoms with Crippen molar-refractivity contribution in [2.75, 3.05) is 40.4 Å². The van der Waals surface area contributed by atoms with E-state index in [9.17, 15) is 27.9 Å². The lowest BCUT2D eigenvalue weighted by molar-refractivity contribution is -0.140. The minimum absolute atomic E-state index is 0.0372. The maximum absolute atomic E-state index is 12.9. The Morgan fingerprint density at radius 1 is 1.25 bits per heavy atom. The fourth-order valence-electron chi connectivity index (χ4n) is 2.71. The van der Waals surface area contributed by atoms with Crippen molar-refractivity contribution < 1.29 is 32.6 Å². The Bertz CT molecular complexity index is 827. The maximum atomic E-state index is 12.9. The van der Waals surface area contributed by atoms with Gasteiger partial charge in [-0.25, -0.2) is 0 Å². The molecule has 0 aliphatic carbocycles. The first kappa shape index (κ1) is 21.5. The molecule has 154 valence electrons. The molecule has 2 amide bonds. The summed E-state index contributed by atoms with van der Waals surface area (Å²) in [7, 11) is 3.38. The van der Waals surface area contributed by atoms with Crippen molar-refractivity contribution in [2.24, 2.45) is 0 Å². The van der Waals surface area contributed by atoms with Gasteiger partial charge in [0.05, 0.1) is 13.2 Å². The highest BCUT2D eigenvalue weighted by Crippen LogP contribution is 2.28. The number of hydrogen-bond donors (Lipinski definition) is 1. The van der Waals surface area contributed by atoms with Crippen LogP contribution >= 0.6 is 0 Å². The molecule has 1 fully saturated rings. The van der Waals surface area contributed by atoms with Gasteiger partial charge in [0, 0.05) is 38.1 Å². The zero-order valence-electron chi connectivity index (χ0n) is 15.6. The normalized spacial score (nSPS) is 14.4. The summed E-state index contributed by atoms with van der Waals surface area (Å²) in [6.07, 6.45) is -3.70. The van der Waals surface area contributed by atoms with E-state index in [-0.39, 0.29) is 17.0 Å². The van der Waals surface area contributed by atoms with Crippen molar-refractivity contribution in [1.29, 1.82) is 0 Å². The number of alkyl halides is 3. The molecule has 0 unspecified atom stereocenters. The first-order chi connectivity index (χ1) is 13.1. The zero-order chi connectivity index (χ0) is 20.9. The second kappa shape index (κ2) is 8.96. The van der Waals surface area contributed by atoms with Crippen molar-refractivity contribution in [2.45, 2.75) is 12.7 Å². The lowest BCUT2D eigenvalue weighted by atomic mass is 10.2. The molecule has 0 spiro atoms. The van der Waals surface area contributed by atoms with Crippen LogP contribution in [0.4, 0.5) is 13.2 Å². The van der Waals surface area contributed by atoms with Gasteiger partial charge >= 0.3 is 6.18 Å². The molecular weight excluding hydrogens is 379 g/mol. The number of rotatable bonds is 3. The van der Waals surface area contributed by atoms with Crippen LogP contribution in [0.3, 0.4) is 0 Å². The molecule has 28 heavy (non-hydrogen) atoms. The van der Waals surface area contributed by atoms with E-state index < -0.39 is 18.6 Å². The van der Waals surface area contributed by atoms with Crippen LogP contribution in [0, 0.1) is 0 Å². The molecule has 1 aromatic heterocycles. The predicted octanol–water partition coefficient (Wildman–Crippen LogP) is 2.09. The number of aromatic hydroxyl groups is 1. The van der Waals surface area contributed by atoms with E-state index in [2.05, 4.69) is 0 Å². The highest BCUT2D eigenvalue weighted by molar-refractivity contribution is 5.99. The Labute approximate surface area is 159 Å². The van der Waals surface area contributed by atoms with E-state index in [0.717, 1.165) is 11.0 Å². The number of ether oxygens (including phenoxy) is 1. The number of phenolic OH excluding ortho intramolecular Hbond substituents is 1. The standard InChI is InChI=1S/C15H15F3N2O3.C3H7NO/c16-15(17,18)9-20-12-2-1-11(21)7-10(12)8-13(20)14(22)19-3-5-23-6-4-19;1-4(2)3-5/h1-2,7-8,21H,3-6,9H2;3H,1-2H3. The monoisotopic (exact) mass is 401 g/mol. The number of benzene rings is 1. The van der Waals surface area contributed by atoms with Crippen LogP contribution in [-0.4, -0.2) is 78.4 Å². The molecule has 1 aromatic carbocycles. The van der Waals surface area contributed by atoms with Crippen molar-refractivity contribution >= 4 is 23.2 Å². The van der Waals surface area contributed by atoms with Crippen LogP contribution in [0.25, 0.3) is 10.9 Å². The quantitative estimate of drug-likeness (QED) is 0.800. The number of fused-ring (bicyclic) bond motifs is 1. The van der Waals surface area contributed by atoms with Gasteiger partial charge in [-0.15, -0.1) is 0 Å². The van der Waals surface area contributed by atoms with Gasteiger partial charge in [-0.05, 0) is 24.3 Å². The fraction of sp³-hybridized carbons (Fsp3) is 0.444. The third kappa shape index (κ3) is 5.62. The number of halogens is 3. The minimum Gasteiger partial charge on any atom is -0.508 e. The lowest BCUT2D eigenvalue weighted by Gasteiger charge is -2.27. The van der Waals surface area contributed by atoms with Gasteiger partial charge in [0.2, 0.25) is 6.41 Å². The first-order valence-corrected chi connectivity index (χ1v) is 8.50. The van der Waals surface area contributed by atoms with Crippen molar-refractivity contribution in [3.05, 3.63) is 30.0 Å². The Hall–Kier alpha value is -2.75. The van der Waals surface area contributed by atoms with Crippen LogP contribution in [0.1, 0.15) is 10.5 Å². The van der Waals surface area contributed by atoms with Crippen molar-refractivity contribution in [3.8, 4) is 5.75 Å². The van der Waals surface area contributed by atoms with Crippen molar-refractivity contribution in [1.82, 2.24) is 14.4 Å². The number of nitrogens with zero attached hydrogens (tertiary/aromatic N) is 3. The van der Waals surface area contributed by atoms with E-state index in [4.69, 9.17) is 4.74 Å². The van der Waals surface area contributed by atoms with Crippen LogP contribution in [0.2, 0.25) is 0 Å². The summed E-state index contributed by atoms with van der Waals surface area (Å²) in [5.74, 6) is -0.528. The van der Waals surface area contributed by atoms with Crippen LogP contribution in [0.5, 0.6) is 5.75 Å². The second-order valence-corrected chi connectivity index (χ2v) is 6.45. The Kier molecular flexibility index (Phi) is 6.90. The average molecular weight is 401 g/mol. The summed E-state index contributed by atoms with van der Waals surface area (Å²) in [6, 6.07) is 5.42. The summed E-state index contributed by atoms with van der Waals surface area (Å²) < 4.78 is 44.8. The molecule has 10 heteroatoms. The molecule has 0 saturated carbocycles. The SMILES string of the molecule is CN(C)C=O.O=C(c1cc2cc(O)ccc2n1CC(F)(F)F)N1CCOCC1. The van der Waals surface area contributed by atoms with Crippen LogP contribution < -0.4 is 0 Å². The van der Waals surface area contributed by atoms with E-state index in [0.29, 0.717) is 31.7 Å². The second-order valence-electron chi connectivity index (χ2n) is 6.45. The number of carbonyl (C=O) groups excluding carboxylic acids is 2. The molecule has 1 aliphatic rings. The predicted molar refractivity (Wildman–Crippen MR) is 96.1 cm³/mol. The van der Waals surface area contributed by atoms with Crippen molar-refractivity contribution in [3.63, 3.8) is 0 Å². The molecular formula is C18H22F3N3O4. The minimum atomic E-state index is -4.45. The Balaban J connectivity index is 0.000000500. The van der Waals surface area contributed by atoms with E-state index >= 15 is 0 Å². The molecule has 3 rings (SSSR count). The summed E-state index contributed by atoms with van der Waals surface area (Å²) >= 11 is 0. The van der Waals surface area contributed by atoms with Gasteiger partial charge in [-0.3, -0.25) is 9.59 Å². The van der Waals surface area contributed by atoms with E-state index in [1.807, 2.05) is 0 Å². The third-order valence-corrected chi connectivity index (χ3v) is 3.95. The lowest BCUT2D eigenvalue weighted by Crippen LogP contribution is -2.41. The molecule has 2 aromatic rings. The number of morpholine rings is 1. The number of phenols is 1. The highest BCUT2D eigenvalue weighted by Gasteiger charge is 2.32. The van der Waals surface area contributed by atoms with Gasteiger partial charge in [0.25, 0.3) is 5.91 Å². The number of amides is 2. The van der Waals surface area contributed by atoms with Gasteiger partial charge in [0.15, 0.2) is 0 Å². The molecule has 1 saturated heterocycles. The van der Waals surface area contributed by atoms with Gasteiger partial charge in [0.1, 0.15) is 18.0 Å². The molecule has 1 aliphatic heterocycles. The topological polar surface area (TPSA) is 75.0 Å². The summed E-state index contributed by atoms with van der Waals surface area (Å²) in [4.78, 5) is 24.9. The van der Waals surface area contributed by atoms with Gasteiger partial charge in [-0.1, -0.05) is 0 Å². The Morgan fingerprint density at radius 3 is 2.39 bits per heavy atom. The molecule has 0 bridgehead atoms. The summed E-state index contributed by atoms with van der Waals surface area (Å²) in [6.45, 7) is 0.167. The molecule has 0 atom stereocenters.